The number of esters is 1. The number of rotatable bonds is 4. The quantitative estimate of drug-likeness (QED) is 0.788. The van der Waals surface area contributed by atoms with Crippen molar-refractivity contribution in [2.24, 2.45) is 0 Å². The maximum atomic E-state index is 11.4. The summed E-state index contributed by atoms with van der Waals surface area (Å²) in [4.78, 5) is 11.4. The van der Waals surface area contributed by atoms with Gasteiger partial charge in [-0.1, -0.05) is 5.16 Å². The molecule has 0 aliphatic carbocycles. The van der Waals surface area contributed by atoms with Gasteiger partial charge in [0.25, 0.3) is 0 Å². The number of aliphatic hydroxyl groups excluding tert-OH is 1. The second-order valence-corrected chi connectivity index (χ2v) is 4.53. The van der Waals surface area contributed by atoms with Crippen molar-refractivity contribution in [3.63, 3.8) is 0 Å². The summed E-state index contributed by atoms with van der Waals surface area (Å²) in [6.07, 6.45) is 0.715. The van der Waals surface area contributed by atoms with Crippen LogP contribution in [0, 0.1) is 0 Å². The van der Waals surface area contributed by atoms with Crippen molar-refractivity contribution in [2.75, 3.05) is 0 Å². The Morgan fingerprint density at radius 1 is 1.56 bits per heavy atom. The second-order valence-electron chi connectivity index (χ2n) is 4.53. The van der Waals surface area contributed by atoms with Gasteiger partial charge in [0.05, 0.1) is 12.1 Å². The Bertz CT molecular complexity index is 351. The Kier molecular flexibility index (Phi) is 4.06. The number of aliphatic hydroxyl groups is 1. The molecule has 5 heteroatoms. The van der Waals surface area contributed by atoms with E-state index in [1.807, 2.05) is 20.8 Å². The van der Waals surface area contributed by atoms with Gasteiger partial charge in [-0.3, -0.25) is 4.79 Å². The summed E-state index contributed by atoms with van der Waals surface area (Å²) < 4.78 is 9.94. The fourth-order valence-corrected chi connectivity index (χ4v) is 1.17. The molecule has 16 heavy (non-hydrogen) atoms. The molecule has 0 fully saturated rings. The number of aryl methyl sites for hydroxylation is 1. The molecule has 0 saturated heterocycles. The normalized spacial score (nSPS) is 11.5. The molecule has 0 aliphatic heterocycles. The monoisotopic (exact) mass is 227 g/mol. The van der Waals surface area contributed by atoms with E-state index in [2.05, 4.69) is 5.16 Å². The highest BCUT2D eigenvalue weighted by Gasteiger charge is 2.16. The number of carbonyl (C=O) groups is 1. The first-order valence-electron chi connectivity index (χ1n) is 5.18. The van der Waals surface area contributed by atoms with Gasteiger partial charge in [-0.15, -0.1) is 0 Å². The molecule has 90 valence electrons. The van der Waals surface area contributed by atoms with E-state index in [1.165, 1.54) is 0 Å². The fraction of sp³-hybridized carbons (Fsp3) is 0.636. The number of carbonyl (C=O) groups excluding carboxylic acids is 1. The van der Waals surface area contributed by atoms with Crippen LogP contribution in [0.15, 0.2) is 10.6 Å². The van der Waals surface area contributed by atoms with Gasteiger partial charge in [0, 0.05) is 12.5 Å². The number of hydrogen-bond donors (Lipinski definition) is 1. The molecule has 0 aromatic carbocycles. The minimum absolute atomic E-state index is 0.181. The molecule has 5 nitrogen and oxygen atoms in total. The average Bonchev–Trinajstić information content (AvgIpc) is 2.59. The van der Waals surface area contributed by atoms with Crippen LogP contribution < -0.4 is 0 Å². The third-order valence-electron chi connectivity index (χ3n) is 1.77. The zero-order chi connectivity index (χ0) is 12.2. The third-order valence-corrected chi connectivity index (χ3v) is 1.77. The van der Waals surface area contributed by atoms with Gasteiger partial charge in [0.2, 0.25) is 0 Å². The second kappa shape index (κ2) is 5.12. The zero-order valence-corrected chi connectivity index (χ0v) is 9.82. The van der Waals surface area contributed by atoms with Crippen LogP contribution in [0.2, 0.25) is 0 Å². The molecular formula is C11H17NO4. The van der Waals surface area contributed by atoms with E-state index < -0.39 is 5.60 Å². The first kappa shape index (κ1) is 12.7. The Hall–Kier alpha value is -1.36. The fourth-order valence-electron chi connectivity index (χ4n) is 1.17. The van der Waals surface area contributed by atoms with Gasteiger partial charge < -0.3 is 14.4 Å². The number of ether oxygens (including phenoxy) is 1. The lowest BCUT2D eigenvalue weighted by atomic mass is 10.2. The highest BCUT2D eigenvalue weighted by atomic mass is 16.6. The van der Waals surface area contributed by atoms with Gasteiger partial charge in [-0.2, -0.15) is 0 Å². The van der Waals surface area contributed by atoms with Crippen molar-refractivity contribution in [1.82, 2.24) is 5.16 Å². The van der Waals surface area contributed by atoms with Crippen LogP contribution in [0.5, 0.6) is 0 Å². The van der Waals surface area contributed by atoms with E-state index >= 15 is 0 Å². The summed E-state index contributed by atoms with van der Waals surface area (Å²) in [5.41, 5.74) is 0.187. The molecule has 0 aliphatic rings. The van der Waals surface area contributed by atoms with Gasteiger partial charge in [0.15, 0.2) is 5.76 Å². The summed E-state index contributed by atoms with van der Waals surface area (Å²) in [5, 5.41) is 12.5. The molecule has 0 bridgehead atoms. The molecule has 0 radical (unpaired) electrons. The topological polar surface area (TPSA) is 72.6 Å². The summed E-state index contributed by atoms with van der Waals surface area (Å²) in [6.45, 7) is 5.29. The Morgan fingerprint density at radius 3 is 2.75 bits per heavy atom. The SMILES string of the molecule is CC(C)(C)OC(=O)CCc1cc(CO)on1. The van der Waals surface area contributed by atoms with E-state index in [4.69, 9.17) is 14.4 Å². The molecule has 0 atom stereocenters. The summed E-state index contributed by atoms with van der Waals surface area (Å²) >= 11 is 0. The molecule has 1 heterocycles. The van der Waals surface area contributed by atoms with Crippen molar-refractivity contribution in [1.29, 1.82) is 0 Å². The Labute approximate surface area is 94.4 Å². The van der Waals surface area contributed by atoms with Crippen molar-refractivity contribution < 1.29 is 19.2 Å². The predicted octanol–water partition coefficient (Wildman–Crippen LogP) is 1.44. The van der Waals surface area contributed by atoms with Crippen molar-refractivity contribution in [3.05, 3.63) is 17.5 Å². The number of hydrogen-bond acceptors (Lipinski definition) is 5. The van der Waals surface area contributed by atoms with Crippen molar-refractivity contribution in [3.8, 4) is 0 Å². The molecule has 1 N–H and O–H groups in total. The van der Waals surface area contributed by atoms with Crippen LogP contribution in [0.3, 0.4) is 0 Å². The van der Waals surface area contributed by atoms with Crippen LogP contribution in [0.4, 0.5) is 0 Å². The van der Waals surface area contributed by atoms with Crippen LogP contribution in [0.25, 0.3) is 0 Å². The first-order valence-corrected chi connectivity index (χ1v) is 5.18. The van der Waals surface area contributed by atoms with E-state index in [-0.39, 0.29) is 19.0 Å². The molecule has 0 saturated carbocycles. The molecule has 0 unspecified atom stereocenters. The summed E-state index contributed by atoms with van der Waals surface area (Å²) in [6, 6.07) is 1.63. The maximum absolute atomic E-state index is 11.4. The molecule has 1 rings (SSSR count). The Balaban J connectivity index is 2.37. The largest absolute Gasteiger partial charge is 0.460 e. The van der Waals surface area contributed by atoms with Crippen molar-refractivity contribution in [2.45, 2.75) is 45.8 Å². The molecule has 1 aromatic rings. The highest BCUT2D eigenvalue weighted by molar-refractivity contribution is 5.70. The standard InChI is InChI=1S/C11H17NO4/c1-11(2,3)15-10(14)5-4-8-6-9(7-13)16-12-8/h6,13H,4-5,7H2,1-3H3. The molecule has 1 aromatic heterocycles. The summed E-state index contributed by atoms with van der Waals surface area (Å²) in [5.74, 6) is 0.139. The van der Waals surface area contributed by atoms with Gasteiger partial charge >= 0.3 is 5.97 Å². The van der Waals surface area contributed by atoms with Gasteiger partial charge in [0.1, 0.15) is 12.2 Å². The lowest BCUT2D eigenvalue weighted by Gasteiger charge is -2.19. The van der Waals surface area contributed by atoms with Crippen LogP contribution >= 0.6 is 0 Å². The van der Waals surface area contributed by atoms with Gasteiger partial charge in [-0.05, 0) is 20.8 Å². The van der Waals surface area contributed by atoms with E-state index in [0.29, 0.717) is 17.9 Å². The van der Waals surface area contributed by atoms with E-state index in [1.54, 1.807) is 6.07 Å². The van der Waals surface area contributed by atoms with E-state index in [0.717, 1.165) is 0 Å². The first-order chi connectivity index (χ1) is 7.40. The average molecular weight is 227 g/mol. The minimum atomic E-state index is -0.461. The summed E-state index contributed by atoms with van der Waals surface area (Å²) in [7, 11) is 0. The molecule has 0 amide bonds. The third kappa shape index (κ3) is 4.44. The Morgan fingerprint density at radius 2 is 2.25 bits per heavy atom. The maximum Gasteiger partial charge on any atom is 0.306 e. The molecule has 0 spiro atoms. The minimum Gasteiger partial charge on any atom is -0.460 e. The predicted molar refractivity (Wildman–Crippen MR) is 56.6 cm³/mol. The smallest absolute Gasteiger partial charge is 0.306 e. The van der Waals surface area contributed by atoms with Crippen LogP contribution in [0.1, 0.15) is 38.6 Å². The van der Waals surface area contributed by atoms with Crippen LogP contribution in [-0.2, 0) is 22.6 Å². The lowest BCUT2D eigenvalue weighted by Crippen LogP contribution is -2.24. The lowest BCUT2D eigenvalue weighted by molar-refractivity contribution is -0.154. The molecular weight excluding hydrogens is 210 g/mol. The highest BCUT2D eigenvalue weighted by Crippen LogP contribution is 2.11. The van der Waals surface area contributed by atoms with Crippen molar-refractivity contribution >= 4 is 5.97 Å². The number of aromatic nitrogens is 1. The van der Waals surface area contributed by atoms with E-state index in [9.17, 15) is 4.79 Å². The zero-order valence-electron chi connectivity index (χ0n) is 9.82. The van der Waals surface area contributed by atoms with Gasteiger partial charge in [-0.25, -0.2) is 0 Å². The van der Waals surface area contributed by atoms with Crippen LogP contribution in [-0.4, -0.2) is 21.8 Å². The number of nitrogens with zero attached hydrogens (tertiary/aromatic N) is 1.